The van der Waals surface area contributed by atoms with E-state index in [1.807, 2.05) is 30.3 Å². The van der Waals surface area contributed by atoms with Crippen LogP contribution in [0, 0.1) is 17.2 Å². The summed E-state index contributed by atoms with van der Waals surface area (Å²) in [6, 6.07) is 17.4. The second-order valence-electron chi connectivity index (χ2n) is 6.34. The van der Waals surface area contributed by atoms with Gasteiger partial charge in [-0.15, -0.1) is 0 Å². The van der Waals surface area contributed by atoms with Crippen molar-refractivity contribution < 1.29 is 14.3 Å². The Morgan fingerprint density at radius 3 is 2.54 bits per heavy atom. The Bertz CT molecular complexity index is 791. The first kappa shape index (κ1) is 17.8. The Balaban J connectivity index is 1.68. The third kappa shape index (κ3) is 4.15. The van der Waals surface area contributed by atoms with E-state index < -0.39 is 0 Å². The number of hydrogen-bond donors (Lipinski definition) is 0. The van der Waals surface area contributed by atoms with Crippen LogP contribution >= 0.6 is 0 Å². The minimum atomic E-state index is -0.0331. The molecule has 0 aliphatic carbocycles. The Hall–Kier alpha value is -3.00. The van der Waals surface area contributed by atoms with E-state index >= 15 is 0 Å². The third-order valence-corrected chi connectivity index (χ3v) is 4.61. The summed E-state index contributed by atoms with van der Waals surface area (Å²) in [5.74, 6) is 1.17. The molecule has 0 saturated carbocycles. The van der Waals surface area contributed by atoms with Crippen LogP contribution in [0.15, 0.2) is 48.5 Å². The summed E-state index contributed by atoms with van der Waals surface area (Å²) in [5.41, 5.74) is 1.64. The molecule has 1 heterocycles. The molecule has 0 unspecified atom stereocenters. The maximum Gasteiger partial charge on any atom is 0.253 e. The fourth-order valence-electron chi connectivity index (χ4n) is 3.05. The number of nitrogens with zero attached hydrogens (tertiary/aromatic N) is 2. The minimum absolute atomic E-state index is 0.0331. The van der Waals surface area contributed by atoms with E-state index in [-0.39, 0.29) is 11.8 Å². The molecule has 3 rings (SSSR count). The topological polar surface area (TPSA) is 62.6 Å². The lowest BCUT2D eigenvalue weighted by Crippen LogP contribution is -2.38. The van der Waals surface area contributed by atoms with Gasteiger partial charge in [-0.1, -0.05) is 30.3 Å². The van der Waals surface area contributed by atoms with Gasteiger partial charge in [0.25, 0.3) is 5.91 Å². The van der Waals surface area contributed by atoms with Crippen molar-refractivity contribution in [1.29, 1.82) is 5.26 Å². The smallest absolute Gasteiger partial charge is 0.253 e. The van der Waals surface area contributed by atoms with E-state index in [2.05, 4.69) is 6.07 Å². The minimum Gasteiger partial charge on any atom is -0.493 e. The van der Waals surface area contributed by atoms with E-state index in [1.165, 1.54) is 0 Å². The molecule has 1 saturated heterocycles. The van der Waals surface area contributed by atoms with Crippen molar-refractivity contribution in [3.05, 3.63) is 59.7 Å². The maximum atomic E-state index is 12.7. The first-order valence-corrected chi connectivity index (χ1v) is 8.75. The number of benzene rings is 2. The van der Waals surface area contributed by atoms with Crippen LogP contribution < -0.4 is 9.47 Å². The second kappa shape index (κ2) is 8.39. The van der Waals surface area contributed by atoms with Gasteiger partial charge in [-0.2, -0.15) is 5.26 Å². The van der Waals surface area contributed by atoms with Gasteiger partial charge in [-0.25, -0.2) is 0 Å². The van der Waals surface area contributed by atoms with Crippen LogP contribution in [0.3, 0.4) is 0 Å². The zero-order chi connectivity index (χ0) is 18.4. The third-order valence-electron chi connectivity index (χ3n) is 4.61. The summed E-state index contributed by atoms with van der Waals surface area (Å²) in [6.45, 7) is 1.67. The van der Waals surface area contributed by atoms with Gasteiger partial charge in [0.1, 0.15) is 6.61 Å². The van der Waals surface area contributed by atoms with Crippen LogP contribution in [0.5, 0.6) is 11.5 Å². The molecular weight excluding hydrogens is 328 g/mol. The monoisotopic (exact) mass is 350 g/mol. The predicted octanol–water partition coefficient (Wildman–Crippen LogP) is 3.65. The number of likely N-dealkylation sites (tertiary alicyclic amines) is 1. The van der Waals surface area contributed by atoms with Crippen molar-refractivity contribution in [3.63, 3.8) is 0 Å². The molecule has 1 aliphatic heterocycles. The largest absolute Gasteiger partial charge is 0.493 e. The van der Waals surface area contributed by atoms with Crippen LogP contribution in [0.2, 0.25) is 0 Å². The zero-order valence-electron chi connectivity index (χ0n) is 14.9. The highest BCUT2D eigenvalue weighted by Crippen LogP contribution is 2.30. The van der Waals surface area contributed by atoms with Gasteiger partial charge in [-0.05, 0) is 36.6 Å². The molecule has 0 aromatic heterocycles. The fourth-order valence-corrected chi connectivity index (χ4v) is 3.05. The molecule has 26 heavy (non-hydrogen) atoms. The van der Waals surface area contributed by atoms with Crippen LogP contribution in [-0.4, -0.2) is 31.0 Å². The molecule has 0 radical (unpaired) electrons. The standard InChI is InChI=1S/C21H22N2O3/c1-25-20-13-18(21(24)23-11-9-16(14-22)10-12-23)7-8-19(20)26-15-17-5-3-2-4-6-17/h2-8,13,16H,9-12,15H2,1H3. The molecule has 0 spiro atoms. The highest BCUT2D eigenvalue weighted by Gasteiger charge is 2.24. The summed E-state index contributed by atoms with van der Waals surface area (Å²) in [6.07, 6.45) is 1.47. The van der Waals surface area contributed by atoms with Crippen molar-refractivity contribution in [2.24, 2.45) is 5.92 Å². The first-order valence-electron chi connectivity index (χ1n) is 8.75. The molecule has 2 aromatic rings. The molecule has 1 fully saturated rings. The van der Waals surface area contributed by atoms with Crippen molar-refractivity contribution in [2.75, 3.05) is 20.2 Å². The van der Waals surface area contributed by atoms with E-state index in [9.17, 15) is 4.79 Å². The molecule has 0 atom stereocenters. The average Bonchev–Trinajstić information content (AvgIpc) is 2.72. The van der Waals surface area contributed by atoms with Gasteiger partial charge in [0.05, 0.1) is 13.2 Å². The van der Waals surface area contributed by atoms with Crippen molar-refractivity contribution in [1.82, 2.24) is 4.90 Å². The fraction of sp³-hybridized carbons (Fsp3) is 0.333. The number of methoxy groups -OCH3 is 1. The molecule has 1 amide bonds. The molecule has 2 aromatic carbocycles. The molecule has 5 heteroatoms. The Kier molecular flexibility index (Phi) is 5.75. The Morgan fingerprint density at radius 1 is 1.15 bits per heavy atom. The number of piperidine rings is 1. The predicted molar refractivity (Wildman–Crippen MR) is 98.0 cm³/mol. The van der Waals surface area contributed by atoms with Crippen molar-refractivity contribution in [3.8, 4) is 17.6 Å². The summed E-state index contributed by atoms with van der Waals surface area (Å²) in [7, 11) is 1.57. The lowest BCUT2D eigenvalue weighted by molar-refractivity contribution is 0.0707. The van der Waals surface area contributed by atoms with E-state index in [4.69, 9.17) is 14.7 Å². The van der Waals surface area contributed by atoms with E-state index in [0.717, 1.165) is 18.4 Å². The summed E-state index contributed by atoms with van der Waals surface area (Å²) in [4.78, 5) is 14.5. The zero-order valence-corrected chi connectivity index (χ0v) is 14.9. The Morgan fingerprint density at radius 2 is 1.88 bits per heavy atom. The highest BCUT2D eigenvalue weighted by molar-refractivity contribution is 5.95. The van der Waals surface area contributed by atoms with Crippen LogP contribution in [-0.2, 0) is 6.61 Å². The number of nitriles is 1. The lowest BCUT2D eigenvalue weighted by Gasteiger charge is -2.29. The van der Waals surface area contributed by atoms with Gasteiger partial charge in [-0.3, -0.25) is 4.79 Å². The van der Waals surface area contributed by atoms with Crippen LogP contribution in [0.1, 0.15) is 28.8 Å². The number of carbonyl (C=O) groups is 1. The molecular formula is C21H22N2O3. The number of rotatable bonds is 5. The molecule has 5 nitrogen and oxygen atoms in total. The van der Waals surface area contributed by atoms with E-state index in [0.29, 0.717) is 36.8 Å². The van der Waals surface area contributed by atoms with Gasteiger partial charge in [0, 0.05) is 24.6 Å². The Labute approximate surface area is 153 Å². The molecule has 1 aliphatic rings. The van der Waals surface area contributed by atoms with Crippen LogP contribution in [0.4, 0.5) is 0 Å². The molecule has 134 valence electrons. The lowest BCUT2D eigenvalue weighted by atomic mass is 9.98. The molecule has 0 N–H and O–H groups in total. The quantitative estimate of drug-likeness (QED) is 0.826. The SMILES string of the molecule is COc1cc(C(=O)N2CCC(C#N)CC2)ccc1OCc1ccccc1. The normalized spacial score (nSPS) is 14.5. The first-order chi connectivity index (χ1) is 12.7. The summed E-state index contributed by atoms with van der Waals surface area (Å²) in [5, 5.41) is 8.98. The van der Waals surface area contributed by atoms with E-state index in [1.54, 1.807) is 30.2 Å². The van der Waals surface area contributed by atoms with Gasteiger partial charge in [0.2, 0.25) is 0 Å². The average molecular weight is 350 g/mol. The van der Waals surface area contributed by atoms with Gasteiger partial charge >= 0.3 is 0 Å². The highest BCUT2D eigenvalue weighted by atomic mass is 16.5. The number of amides is 1. The van der Waals surface area contributed by atoms with Gasteiger partial charge in [0.15, 0.2) is 11.5 Å². The maximum absolute atomic E-state index is 12.7. The number of carbonyl (C=O) groups excluding carboxylic acids is 1. The van der Waals surface area contributed by atoms with Gasteiger partial charge < -0.3 is 14.4 Å². The van der Waals surface area contributed by atoms with Crippen LogP contribution in [0.25, 0.3) is 0 Å². The molecule has 0 bridgehead atoms. The number of ether oxygens (including phenoxy) is 2. The number of hydrogen-bond acceptors (Lipinski definition) is 4. The van der Waals surface area contributed by atoms with Crippen molar-refractivity contribution in [2.45, 2.75) is 19.4 Å². The second-order valence-corrected chi connectivity index (χ2v) is 6.34. The van der Waals surface area contributed by atoms with Crippen molar-refractivity contribution >= 4 is 5.91 Å². The summed E-state index contributed by atoms with van der Waals surface area (Å²) < 4.78 is 11.2. The summed E-state index contributed by atoms with van der Waals surface area (Å²) >= 11 is 0.